The van der Waals surface area contributed by atoms with E-state index in [1.54, 1.807) is 32.2 Å². The molecule has 0 aliphatic rings. The Hall–Kier alpha value is -1.89. The normalized spacial score (nSPS) is 10.8. The molecule has 7 heteroatoms. The van der Waals surface area contributed by atoms with Crippen LogP contribution in [-0.4, -0.2) is 31.4 Å². The van der Waals surface area contributed by atoms with Crippen molar-refractivity contribution in [3.8, 4) is 0 Å². The van der Waals surface area contributed by atoms with Gasteiger partial charge in [-0.2, -0.15) is 0 Å². The van der Waals surface area contributed by atoms with Gasteiger partial charge in [0, 0.05) is 5.41 Å². The SMILES string of the molecule is COC(=O)c1sccc1NC(=O)CNC(=O)C(C)(C)C. The highest BCUT2D eigenvalue weighted by atomic mass is 32.1. The molecule has 110 valence electrons. The summed E-state index contributed by atoms with van der Waals surface area (Å²) in [5.74, 6) is -1.12. The van der Waals surface area contributed by atoms with Gasteiger partial charge in [-0.05, 0) is 11.4 Å². The molecule has 2 N–H and O–H groups in total. The minimum absolute atomic E-state index is 0.146. The number of hydrogen-bond acceptors (Lipinski definition) is 5. The largest absolute Gasteiger partial charge is 0.465 e. The summed E-state index contributed by atoms with van der Waals surface area (Å²) in [5.41, 5.74) is -0.170. The second-order valence-electron chi connectivity index (χ2n) is 5.14. The van der Waals surface area contributed by atoms with E-state index in [9.17, 15) is 14.4 Å². The van der Waals surface area contributed by atoms with Crippen LogP contribution in [0.5, 0.6) is 0 Å². The fraction of sp³-hybridized carbons (Fsp3) is 0.462. The summed E-state index contributed by atoms with van der Waals surface area (Å²) in [4.78, 5) is 35.1. The van der Waals surface area contributed by atoms with Crippen molar-refractivity contribution in [3.63, 3.8) is 0 Å². The number of esters is 1. The number of thiophene rings is 1. The Morgan fingerprint density at radius 3 is 2.50 bits per heavy atom. The Labute approximate surface area is 121 Å². The van der Waals surface area contributed by atoms with Crippen LogP contribution in [0.15, 0.2) is 11.4 Å². The molecule has 0 saturated carbocycles. The van der Waals surface area contributed by atoms with Crippen LogP contribution in [0, 0.1) is 5.41 Å². The monoisotopic (exact) mass is 298 g/mol. The highest BCUT2D eigenvalue weighted by molar-refractivity contribution is 7.12. The van der Waals surface area contributed by atoms with Crippen LogP contribution in [0.25, 0.3) is 0 Å². The van der Waals surface area contributed by atoms with Crippen LogP contribution in [0.3, 0.4) is 0 Å². The summed E-state index contributed by atoms with van der Waals surface area (Å²) >= 11 is 1.18. The molecule has 0 unspecified atom stereocenters. The number of methoxy groups -OCH3 is 1. The predicted molar refractivity (Wildman–Crippen MR) is 76.8 cm³/mol. The molecule has 0 atom stereocenters. The predicted octanol–water partition coefficient (Wildman–Crippen LogP) is 1.64. The van der Waals surface area contributed by atoms with Gasteiger partial charge in [-0.1, -0.05) is 20.8 Å². The van der Waals surface area contributed by atoms with Crippen LogP contribution in [0.1, 0.15) is 30.4 Å². The Bertz CT molecular complexity index is 517. The first-order valence-electron chi connectivity index (χ1n) is 5.99. The summed E-state index contributed by atoms with van der Waals surface area (Å²) < 4.78 is 4.61. The van der Waals surface area contributed by atoms with E-state index < -0.39 is 17.3 Å². The average Bonchev–Trinajstić information content (AvgIpc) is 2.81. The lowest BCUT2D eigenvalue weighted by molar-refractivity contribution is -0.130. The van der Waals surface area contributed by atoms with Crippen molar-refractivity contribution >= 4 is 34.8 Å². The van der Waals surface area contributed by atoms with E-state index in [1.807, 2.05) is 0 Å². The number of amides is 2. The van der Waals surface area contributed by atoms with E-state index in [1.165, 1.54) is 18.4 Å². The third-order valence-corrected chi connectivity index (χ3v) is 3.30. The molecule has 0 spiro atoms. The van der Waals surface area contributed by atoms with Crippen molar-refractivity contribution in [2.45, 2.75) is 20.8 Å². The van der Waals surface area contributed by atoms with Crippen molar-refractivity contribution in [1.29, 1.82) is 0 Å². The summed E-state index contributed by atoms with van der Waals surface area (Å²) in [5, 5.41) is 6.78. The molecule has 1 aromatic heterocycles. The van der Waals surface area contributed by atoms with E-state index >= 15 is 0 Å². The Morgan fingerprint density at radius 1 is 1.30 bits per heavy atom. The lowest BCUT2D eigenvalue weighted by Crippen LogP contribution is -2.39. The fourth-order valence-corrected chi connectivity index (χ4v) is 2.04. The summed E-state index contributed by atoms with van der Waals surface area (Å²) in [6, 6.07) is 1.61. The lowest BCUT2D eigenvalue weighted by Gasteiger charge is -2.17. The zero-order valence-electron chi connectivity index (χ0n) is 11.9. The van der Waals surface area contributed by atoms with Crippen LogP contribution in [0.2, 0.25) is 0 Å². The van der Waals surface area contributed by atoms with Gasteiger partial charge in [-0.15, -0.1) is 11.3 Å². The molecule has 2 amide bonds. The molecule has 0 fully saturated rings. The third kappa shape index (κ3) is 4.34. The third-order valence-electron chi connectivity index (χ3n) is 2.40. The topological polar surface area (TPSA) is 84.5 Å². The Kier molecular flexibility index (Phi) is 5.26. The number of anilines is 1. The number of carbonyl (C=O) groups excluding carboxylic acids is 3. The molecule has 1 rings (SSSR count). The number of rotatable bonds is 4. The number of nitrogens with one attached hydrogen (secondary N) is 2. The molecule has 20 heavy (non-hydrogen) atoms. The first-order valence-corrected chi connectivity index (χ1v) is 6.87. The van der Waals surface area contributed by atoms with Crippen molar-refractivity contribution in [1.82, 2.24) is 5.32 Å². The highest BCUT2D eigenvalue weighted by Crippen LogP contribution is 2.22. The maximum Gasteiger partial charge on any atom is 0.350 e. The molecule has 0 aromatic carbocycles. The van der Waals surface area contributed by atoms with E-state index in [4.69, 9.17) is 0 Å². The molecule has 1 heterocycles. The molecule has 6 nitrogen and oxygen atoms in total. The zero-order valence-corrected chi connectivity index (χ0v) is 12.7. The minimum Gasteiger partial charge on any atom is -0.465 e. The minimum atomic E-state index is -0.556. The zero-order chi connectivity index (χ0) is 15.3. The lowest BCUT2D eigenvalue weighted by atomic mass is 9.96. The number of hydrogen-bond donors (Lipinski definition) is 2. The van der Waals surface area contributed by atoms with Gasteiger partial charge in [0.15, 0.2) is 0 Å². The Morgan fingerprint density at radius 2 is 1.95 bits per heavy atom. The first kappa shape index (κ1) is 16.2. The summed E-state index contributed by atoms with van der Waals surface area (Å²) in [6.45, 7) is 5.13. The highest BCUT2D eigenvalue weighted by Gasteiger charge is 2.22. The summed E-state index contributed by atoms with van der Waals surface area (Å²) in [7, 11) is 1.28. The van der Waals surface area contributed by atoms with Crippen LogP contribution < -0.4 is 10.6 Å². The molecule has 0 aliphatic heterocycles. The number of carbonyl (C=O) groups is 3. The van der Waals surface area contributed by atoms with Gasteiger partial charge in [-0.25, -0.2) is 4.79 Å². The van der Waals surface area contributed by atoms with Gasteiger partial charge in [0.05, 0.1) is 19.3 Å². The molecular formula is C13H18N2O4S. The average molecular weight is 298 g/mol. The van der Waals surface area contributed by atoms with E-state index in [2.05, 4.69) is 15.4 Å². The second-order valence-corrected chi connectivity index (χ2v) is 6.05. The van der Waals surface area contributed by atoms with Crippen LogP contribution in [0.4, 0.5) is 5.69 Å². The molecule has 0 saturated heterocycles. The van der Waals surface area contributed by atoms with Crippen molar-refractivity contribution < 1.29 is 19.1 Å². The van der Waals surface area contributed by atoms with Gasteiger partial charge >= 0.3 is 5.97 Å². The van der Waals surface area contributed by atoms with Gasteiger partial charge < -0.3 is 15.4 Å². The van der Waals surface area contributed by atoms with Gasteiger partial charge in [0.25, 0.3) is 0 Å². The maximum absolute atomic E-state index is 11.7. The van der Waals surface area contributed by atoms with Crippen LogP contribution in [-0.2, 0) is 14.3 Å². The molecule has 0 radical (unpaired) electrons. The van der Waals surface area contributed by atoms with E-state index in [-0.39, 0.29) is 12.5 Å². The molecule has 1 aromatic rings. The van der Waals surface area contributed by atoms with Crippen molar-refractivity contribution in [3.05, 3.63) is 16.3 Å². The second kappa shape index (κ2) is 6.51. The molecular weight excluding hydrogens is 280 g/mol. The van der Waals surface area contributed by atoms with E-state index in [0.29, 0.717) is 10.6 Å². The number of ether oxygens (including phenoxy) is 1. The van der Waals surface area contributed by atoms with Crippen molar-refractivity contribution in [2.75, 3.05) is 19.0 Å². The quantitative estimate of drug-likeness (QED) is 0.828. The molecule has 0 bridgehead atoms. The van der Waals surface area contributed by atoms with Crippen molar-refractivity contribution in [2.24, 2.45) is 5.41 Å². The summed E-state index contributed by atoms with van der Waals surface area (Å²) in [6.07, 6.45) is 0. The van der Waals surface area contributed by atoms with E-state index in [0.717, 1.165) is 0 Å². The molecule has 0 aliphatic carbocycles. The standard InChI is InChI=1S/C13H18N2O4S/c1-13(2,3)12(18)14-7-9(16)15-8-5-6-20-10(8)11(17)19-4/h5-6H,7H2,1-4H3,(H,14,18)(H,15,16). The van der Waals surface area contributed by atoms with Crippen LogP contribution >= 0.6 is 11.3 Å². The maximum atomic E-state index is 11.7. The Balaban J connectivity index is 2.58. The smallest absolute Gasteiger partial charge is 0.350 e. The van der Waals surface area contributed by atoms with Gasteiger partial charge in [-0.3, -0.25) is 9.59 Å². The van der Waals surface area contributed by atoms with Gasteiger partial charge in [0.2, 0.25) is 11.8 Å². The fourth-order valence-electron chi connectivity index (χ4n) is 1.28. The van der Waals surface area contributed by atoms with Gasteiger partial charge in [0.1, 0.15) is 4.88 Å². The first-order chi connectivity index (χ1) is 9.25.